The number of benzene rings is 1. The van der Waals surface area contributed by atoms with Crippen LogP contribution in [-0.4, -0.2) is 58.8 Å². The Morgan fingerprint density at radius 2 is 1.75 bits per heavy atom. The number of hydrogen-bond donors (Lipinski definition) is 4. The summed E-state index contributed by atoms with van der Waals surface area (Å²) in [7, 11) is 0. The zero-order valence-electron chi connectivity index (χ0n) is 10.8. The van der Waals surface area contributed by atoms with E-state index in [9.17, 15) is 19.8 Å². The van der Waals surface area contributed by atoms with Gasteiger partial charge in [0.2, 0.25) is 11.8 Å². The number of amides is 2. The van der Waals surface area contributed by atoms with Gasteiger partial charge in [0, 0.05) is 24.3 Å². The fourth-order valence-corrected chi connectivity index (χ4v) is 2.10. The highest BCUT2D eigenvalue weighted by atomic mass is 16.3. The number of nitrogens with one attached hydrogen (secondary N) is 1. The van der Waals surface area contributed by atoms with Gasteiger partial charge in [-0.2, -0.15) is 0 Å². The molecule has 2 amide bonds. The van der Waals surface area contributed by atoms with Gasteiger partial charge < -0.3 is 21.3 Å². The third-order valence-corrected chi connectivity index (χ3v) is 3.16. The van der Waals surface area contributed by atoms with Crippen LogP contribution in [0.3, 0.4) is 0 Å². The van der Waals surface area contributed by atoms with Gasteiger partial charge >= 0.3 is 0 Å². The quantitative estimate of drug-likeness (QED) is 0.550. The zero-order chi connectivity index (χ0) is 14.7. The molecule has 0 saturated carbocycles. The van der Waals surface area contributed by atoms with Crippen molar-refractivity contribution in [1.29, 1.82) is 0 Å². The molecule has 0 aliphatic carbocycles. The number of nitrogens with two attached hydrogens (primary N) is 1. The van der Waals surface area contributed by atoms with Crippen LogP contribution in [0.25, 0.3) is 0 Å². The summed E-state index contributed by atoms with van der Waals surface area (Å²) in [4.78, 5) is 24.4. The van der Waals surface area contributed by atoms with Gasteiger partial charge in [-0.05, 0) is 24.3 Å². The first kappa shape index (κ1) is 14.4. The molecule has 2 rings (SSSR count). The van der Waals surface area contributed by atoms with Crippen LogP contribution >= 0.6 is 0 Å². The number of primary amides is 1. The summed E-state index contributed by atoms with van der Waals surface area (Å²) < 4.78 is 0. The number of aliphatic hydroxyl groups excluding tert-OH is 2. The Labute approximate surface area is 116 Å². The Morgan fingerprint density at radius 3 is 2.25 bits per heavy atom. The molecule has 0 spiro atoms. The number of nitrogens with zero attached hydrogens (tertiary/aromatic N) is 1. The molecule has 0 aromatic heterocycles. The van der Waals surface area contributed by atoms with Gasteiger partial charge in [-0.1, -0.05) is 0 Å². The van der Waals surface area contributed by atoms with Gasteiger partial charge in [0.15, 0.2) is 0 Å². The predicted octanol–water partition coefficient (Wildman–Crippen LogP) is -1.24. The molecule has 108 valence electrons. The Hall–Kier alpha value is -1.96. The van der Waals surface area contributed by atoms with E-state index in [0.29, 0.717) is 11.3 Å². The molecule has 2 atom stereocenters. The van der Waals surface area contributed by atoms with Crippen molar-refractivity contribution in [2.75, 3.05) is 25.0 Å². The van der Waals surface area contributed by atoms with Gasteiger partial charge in [-0.3, -0.25) is 14.5 Å². The molecular formula is C13H17N3O4. The van der Waals surface area contributed by atoms with Crippen molar-refractivity contribution in [2.45, 2.75) is 12.2 Å². The Morgan fingerprint density at radius 1 is 1.20 bits per heavy atom. The van der Waals surface area contributed by atoms with E-state index in [4.69, 9.17) is 5.73 Å². The number of aliphatic hydroxyl groups is 2. The van der Waals surface area contributed by atoms with Crippen molar-refractivity contribution >= 4 is 17.5 Å². The largest absolute Gasteiger partial charge is 0.389 e. The molecule has 1 fully saturated rings. The van der Waals surface area contributed by atoms with E-state index < -0.39 is 18.1 Å². The first-order valence-electron chi connectivity index (χ1n) is 6.24. The van der Waals surface area contributed by atoms with Crippen molar-refractivity contribution in [1.82, 2.24) is 4.90 Å². The van der Waals surface area contributed by atoms with E-state index in [1.807, 2.05) is 0 Å². The Bertz CT molecular complexity index is 493. The van der Waals surface area contributed by atoms with E-state index in [0.717, 1.165) is 0 Å². The molecule has 0 radical (unpaired) electrons. The number of anilines is 1. The number of hydrogen-bond acceptors (Lipinski definition) is 5. The third-order valence-electron chi connectivity index (χ3n) is 3.16. The summed E-state index contributed by atoms with van der Waals surface area (Å²) in [6, 6.07) is 6.24. The molecular weight excluding hydrogens is 262 g/mol. The van der Waals surface area contributed by atoms with E-state index >= 15 is 0 Å². The highest BCUT2D eigenvalue weighted by Gasteiger charge is 2.30. The maximum absolute atomic E-state index is 11.8. The minimum atomic E-state index is -0.808. The number of carbonyl (C=O) groups is 2. The van der Waals surface area contributed by atoms with Crippen LogP contribution < -0.4 is 11.1 Å². The molecule has 1 saturated heterocycles. The monoisotopic (exact) mass is 279 g/mol. The van der Waals surface area contributed by atoms with E-state index in [1.54, 1.807) is 17.0 Å². The molecule has 1 aliphatic heterocycles. The van der Waals surface area contributed by atoms with E-state index in [2.05, 4.69) is 5.32 Å². The van der Waals surface area contributed by atoms with Crippen LogP contribution in [0.15, 0.2) is 24.3 Å². The van der Waals surface area contributed by atoms with Crippen molar-refractivity contribution in [3.63, 3.8) is 0 Å². The number of β-amino-alcohol motifs (C(OH)–C–C–N with tert-alkyl or cyclic N) is 2. The summed E-state index contributed by atoms with van der Waals surface area (Å²) in [5, 5.41) is 21.4. The lowest BCUT2D eigenvalue weighted by Gasteiger charge is -2.14. The fourth-order valence-electron chi connectivity index (χ4n) is 2.10. The summed E-state index contributed by atoms with van der Waals surface area (Å²) in [6.07, 6.45) is -1.62. The standard InChI is InChI=1S/C13H17N3O4/c14-13(20)8-1-3-9(4-2-8)15-12(19)7-16-5-10(17)11(18)6-16/h1-4,10-11,17-18H,5-7H2,(H2,14,20)(H,15,19)/t10-,11+. The average Bonchev–Trinajstić information content (AvgIpc) is 2.68. The minimum Gasteiger partial charge on any atom is -0.389 e. The van der Waals surface area contributed by atoms with Crippen molar-refractivity contribution in [3.05, 3.63) is 29.8 Å². The lowest BCUT2D eigenvalue weighted by Crippen LogP contribution is -2.32. The highest BCUT2D eigenvalue weighted by molar-refractivity contribution is 5.95. The zero-order valence-corrected chi connectivity index (χ0v) is 10.8. The van der Waals surface area contributed by atoms with Gasteiger partial charge in [-0.15, -0.1) is 0 Å². The molecule has 0 bridgehead atoms. The molecule has 1 aliphatic rings. The van der Waals surface area contributed by atoms with Gasteiger partial charge in [0.05, 0.1) is 18.8 Å². The van der Waals surface area contributed by atoms with Crippen LogP contribution in [-0.2, 0) is 4.79 Å². The lowest BCUT2D eigenvalue weighted by atomic mass is 10.2. The number of carbonyl (C=O) groups excluding carboxylic acids is 2. The average molecular weight is 279 g/mol. The van der Waals surface area contributed by atoms with Crippen molar-refractivity contribution < 1.29 is 19.8 Å². The second-order valence-electron chi connectivity index (χ2n) is 4.82. The first-order chi connectivity index (χ1) is 9.45. The van der Waals surface area contributed by atoms with Crippen LogP contribution in [0.5, 0.6) is 0 Å². The van der Waals surface area contributed by atoms with Gasteiger partial charge in [0.25, 0.3) is 0 Å². The Kier molecular flexibility index (Phi) is 4.33. The van der Waals surface area contributed by atoms with Crippen LogP contribution in [0.4, 0.5) is 5.69 Å². The van der Waals surface area contributed by atoms with E-state index in [1.165, 1.54) is 12.1 Å². The first-order valence-corrected chi connectivity index (χ1v) is 6.24. The second kappa shape index (κ2) is 6.00. The third kappa shape index (κ3) is 3.53. The maximum Gasteiger partial charge on any atom is 0.248 e. The topological polar surface area (TPSA) is 116 Å². The van der Waals surface area contributed by atoms with Crippen molar-refractivity contribution in [2.24, 2.45) is 5.73 Å². The van der Waals surface area contributed by atoms with Crippen LogP contribution in [0, 0.1) is 0 Å². The normalized spacial score (nSPS) is 22.7. The molecule has 5 N–H and O–H groups in total. The molecule has 0 unspecified atom stereocenters. The van der Waals surface area contributed by atoms with Gasteiger partial charge in [0.1, 0.15) is 0 Å². The minimum absolute atomic E-state index is 0.0890. The molecule has 7 heteroatoms. The van der Waals surface area contributed by atoms with E-state index in [-0.39, 0.29) is 25.5 Å². The summed E-state index contributed by atoms with van der Waals surface area (Å²) in [5.74, 6) is -0.777. The molecule has 1 aromatic carbocycles. The smallest absolute Gasteiger partial charge is 0.248 e. The molecule has 1 aromatic rings. The highest BCUT2D eigenvalue weighted by Crippen LogP contribution is 2.11. The Balaban J connectivity index is 1.87. The molecule has 20 heavy (non-hydrogen) atoms. The number of rotatable bonds is 4. The fraction of sp³-hybridized carbons (Fsp3) is 0.385. The van der Waals surface area contributed by atoms with Crippen LogP contribution in [0.1, 0.15) is 10.4 Å². The SMILES string of the molecule is NC(=O)c1ccc(NC(=O)CN2C[C@@H](O)[C@@H](O)C2)cc1. The summed E-state index contributed by atoms with van der Waals surface area (Å²) >= 11 is 0. The predicted molar refractivity (Wildman–Crippen MR) is 72.0 cm³/mol. The maximum atomic E-state index is 11.8. The van der Waals surface area contributed by atoms with Gasteiger partial charge in [-0.25, -0.2) is 0 Å². The van der Waals surface area contributed by atoms with Crippen molar-refractivity contribution in [3.8, 4) is 0 Å². The summed E-state index contributed by atoms with van der Waals surface area (Å²) in [5.41, 5.74) is 6.04. The lowest BCUT2D eigenvalue weighted by molar-refractivity contribution is -0.117. The number of likely N-dealkylation sites (tertiary alicyclic amines) is 1. The second-order valence-corrected chi connectivity index (χ2v) is 4.82. The molecule has 7 nitrogen and oxygen atoms in total. The van der Waals surface area contributed by atoms with Crippen LogP contribution in [0.2, 0.25) is 0 Å². The summed E-state index contributed by atoms with van der Waals surface area (Å²) in [6.45, 7) is 0.635. The molecule has 1 heterocycles.